The molecule has 2 aromatic carbocycles. The fourth-order valence-corrected chi connectivity index (χ4v) is 3.34. The third-order valence-corrected chi connectivity index (χ3v) is 4.62. The number of para-hydroxylation sites is 1. The normalized spacial score (nSPS) is 15.1. The molecule has 0 saturated carbocycles. The van der Waals surface area contributed by atoms with E-state index in [-0.39, 0.29) is 5.91 Å². The van der Waals surface area contributed by atoms with Crippen LogP contribution in [0.5, 0.6) is 0 Å². The van der Waals surface area contributed by atoms with Gasteiger partial charge in [0, 0.05) is 17.3 Å². The topological polar surface area (TPSA) is 59.0 Å². The fraction of sp³-hybridized carbons (Fsp3) is 0.0952. The molecule has 2 heterocycles. The second-order valence-electron chi connectivity index (χ2n) is 6.50. The van der Waals surface area contributed by atoms with E-state index < -0.39 is 0 Å². The molecule has 1 saturated heterocycles. The molecule has 1 aromatic heterocycles. The predicted molar refractivity (Wildman–Crippen MR) is 110 cm³/mol. The summed E-state index contributed by atoms with van der Waals surface area (Å²) in [7, 11) is 0. The van der Waals surface area contributed by atoms with Crippen molar-refractivity contribution in [1.29, 1.82) is 0 Å². The maximum Gasteiger partial charge on any atom is 0.273 e. The van der Waals surface area contributed by atoms with E-state index in [0.29, 0.717) is 10.8 Å². The van der Waals surface area contributed by atoms with Gasteiger partial charge in [0.2, 0.25) is 0 Å². The summed E-state index contributed by atoms with van der Waals surface area (Å²) in [6.45, 7) is 4.13. The van der Waals surface area contributed by atoms with Gasteiger partial charge in [0.25, 0.3) is 5.91 Å². The monoisotopic (exact) mass is 374 g/mol. The Hall–Kier alpha value is -3.25. The molecule has 2 N–H and O–H groups in total. The second kappa shape index (κ2) is 6.81. The Bertz CT molecular complexity index is 1080. The number of aromatic nitrogens is 2. The highest BCUT2D eigenvalue weighted by molar-refractivity contribution is 7.80. The maximum absolute atomic E-state index is 12.1. The van der Waals surface area contributed by atoms with Gasteiger partial charge in [-0.2, -0.15) is 5.10 Å². The molecule has 1 aliphatic rings. The summed E-state index contributed by atoms with van der Waals surface area (Å²) in [4.78, 5) is 12.1. The Balaban J connectivity index is 1.88. The van der Waals surface area contributed by atoms with Crippen LogP contribution in [-0.2, 0) is 4.79 Å². The van der Waals surface area contributed by atoms with Crippen LogP contribution in [0.4, 0.5) is 0 Å². The van der Waals surface area contributed by atoms with Crippen LogP contribution in [0.3, 0.4) is 0 Å². The van der Waals surface area contributed by atoms with Crippen LogP contribution in [0.1, 0.15) is 16.7 Å². The number of rotatable bonds is 3. The first-order chi connectivity index (χ1) is 13.0. The largest absolute Gasteiger partial charge is 0.328 e. The van der Waals surface area contributed by atoms with Crippen molar-refractivity contribution in [3.8, 4) is 16.9 Å². The number of hydrogen-bond donors (Lipinski definition) is 2. The lowest BCUT2D eigenvalue weighted by Crippen LogP contribution is -2.21. The van der Waals surface area contributed by atoms with E-state index in [1.165, 1.54) is 5.56 Å². The van der Waals surface area contributed by atoms with Gasteiger partial charge in [-0.3, -0.25) is 10.1 Å². The van der Waals surface area contributed by atoms with Crippen molar-refractivity contribution in [2.45, 2.75) is 13.8 Å². The van der Waals surface area contributed by atoms with Gasteiger partial charge in [-0.1, -0.05) is 42.0 Å². The Kier molecular flexibility index (Phi) is 4.33. The zero-order valence-electron chi connectivity index (χ0n) is 15.0. The minimum atomic E-state index is -0.237. The zero-order valence-corrected chi connectivity index (χ0v) is 15.8. The first-order valence-corrected chi connectivity index (χ1v) is 8.99. The molecule has 1 fully saturated rings. The van der Waals surface area contributed by atoms with E-state index >= 15 is 0 Å². The third kappa shape index (κ3) is 3.39. The molecule has 27 heavy (non-hydrogen) atoms. The number of benzene rings is 2. The van der Waals surface area contributed by atoms with Gasteiger partial charge < -0.3 is 5.32 Å². The lowest BCUT2D eigenvalue weighted by atomic mass is 10.0. The number of hydrogen-bond acceptors (Lipinski definition) is 3. The molecular weight excluding hydrogens is 356 g/mol. The molecule has 4 rings (SSSR count). The average molecular weight is 374 g/mol. The molecule has 6 heteroatoms. The molecule has 134 valence electrons. The minimum absolute atomic E-state index is 0.237. The molecule has 0 unspecified atom stereocenters. The molecule has 5 nitrogen and oxygen atoms in total. The van der Waals surface area contributed by atoms with Gasteiger partial charge in [-0.15, -0.1) is 0 Å². The average Bonchev–Trinajstić information content (AvgIpc) is 3.19. The molecule has 0 aliphatic carbocycles. The lowest BCUT2D eigenvalue weighted by Gasteiger charge is -2.06. The van der Waals surface area contributed by atoms with Gasteiger partial charge in [-0.05, 0) is 49.8 Å². The van der Waals surface area contributed by atoms with Crippen molar-refractivity contribution >= 4 is 29.3 Å². The molecule has 0 bridgehead atoms. The van der Waals surface area contributed by atoms with Crippen LogP contribution in [0.25, 0.3) is 23.0 Å². The SMILES string of the molecule is Cc1ccc(-c2nn(-c3ccccc3)cc2/C=C2\NC(=S)NC2=O)c(C)c1. The summed E-state index contributed by atoms with van der Waals surface area (Å²) >= 11 is 5.03. The van der Waals surface area contributed by atoms with Crippen molar-refractivity contribution in [3.63, 3.8) is 0 Å². The fourth-order valence-electron chi connectivity index (χ4n) is 3.13. The summed E-state index contributed by atoms with van der Waals surface area (Å²) in [5.41, 5.74) is 6.38. The van der Waals surface area contributed by atoms with Crippen LogP contribution in [-0.4, -0.2) is 20.8 Å². The van der Waals surface area contributed by atoms with Crippen LogP contribution < -0.4 is 10.6 Å². The molecular formula is C21H18N4OS. The lowest BCUT2D eigenvalue weighted by molar-refractivity contribution is -0.115. The van der Waals surface area contributed by atoms with E-state index in [2.05, 4.69) is 42.7 Å². The number of thiocarbonyl (C=S) groups is 1. The van der Waals surface area contributed by atoms with Crippen molar-refractivity contribution < 1.29 is 4.79 Å². The minimum Gasteiger partial charge on any atom is -0.328 e. The van der Waals surface area contributed by atoms with E-state index in [1.54, 1.807) is 6.08 Å². The Morgan fingerprint density at radius 1 is 1.07 bits per heavy atom. The summed E-state index contributed by atoms with van der Waals surface area (Å²) in [5, 5.41) is 10.6. The number of carbonyl (C=O) groups excluding carboxylic acids is 1. The van der Waals surface area contributed by atoms with Crippen LogP contribution in [0.2, 0.25) is 0 Å². The number of nitrogens with zero attached hydrogens (tertiary/aromatic N) is 2. The first kappa shape index (κ1) is 17.2. The molecule has 0 atom stereocenters. The number of carbonyl (C=O) groups is 1. The standard InChI is InChI=1S/C21H18N4OS/c1-13-8-9-17(14(2)10-13)19-15(11-18-20(26)23-21(27)22-18)12-25(24-19)16-6-4-3-5-7-16/h3-12H,1-2H3,(H2,22,23,26,27)/b18-11-. The highest BCUT2D eigenvalue weighted by Crippen LogP contribution is 2.29. The Labute approximate surface area is 162 Å². The summed E-state index contributed by atoms with van der Waals surface area (Å²) in [6, 6.07) is 16.1. The molecule has 0 radical (unpaired) electrons. The van der Waals surface area contributed by atoms with E-state index in [9.17, 15) is 4.79 Å². The van der Waals surface area contributed by atoms with Gasteiger partial charge >= 0.3 is 0 Å². The second-order valence-corrected chi connectivity index (χ2v) is 6.91. The quantitative estimate of drug-likeness (QED) is 0.544. The number of amides is 1. The van der Waals surface area contributed by atoms with Gasteiger partial charge in [0.05, 0.1) is 5.69 Å². The van der Waals surface area contributed by atoms with E-state index in [0.717, 1.165) is 28.1 Å². The van der Waals surface area contributed by atoms with Crippen LogP contribution >= 0.6 is 12.2 Å². The Morgan fingerprint density at radius 2 is 1.85 bits per heavy atom. The highest BCUT2D eigenvalue weighted by atomic mass is 32.1. The first-order valence-electron chi connectivity index (χ1n) is 8.58. The summed E-state index contributed by atoms with van der Waals surface area (Å²) in [5.74, 6) is -0.237. The smallest absolute Gasteiger partial charge is 0.273 e. The predicted octanol–water partition coefficient (Wildman–Crippen LogP) is 3.50. The highest BCUT2D eigenvalue weighted by Gasteiger charge is 2.22. The maximum atomic E-state index is 12.1. The van der Waals surface area contributed by atoms with Crippen LogP contribution in [0.15, 0.2) is 60.4 Å². The molecule has 3 aromatic rings. The van der Waals surface area contributed by atoms with Crippen LogP contribution in [0, 0.1) is 13.8 Å². The molecule has 0 spiro atoms. The van der Waals surface area contributed by atoms with E-state index in [4.69, 9.17) is 17.3 Å². The zero-order chi connectivity index (χ0) is 19.0. The molecule has 1 amide bonds. The number of aryl methyl sites for hydroxylation is 2. The van der Waals surface area contributed by atoms with Crippen molar-refractivity contribution in [2.24, 2.45) is 0 Å². The van der Waals surface area contributed by atoms with Gasteiger partial charge in [0.1, 0.15) is 11.4 Å². The van der Waals surface area contributed by atoms with Crippen molar-refractivity contribution in [1.82, 2.24) is 20.4 Å². The van der Waals surface area contributed by atoms with Gasteiger partial charge in [0.15, 0.2) is 5.11 Å². The van der Waals surface area contributed by atoms with Gasteiger partial charge in [-0.25, -0.2) is 4.68 Å². The van der Waals surface area contributed by atoms with Crippen molar-refractivity contribution in [2.75, 3.05) is 0 Å². The third-order valence-electron chi connectivity index (χ3n) is 4.42. The Morgan fingerprint density at radius 3 is 2.52 bits per heavy atom. The summed E-state index contributed by atoms with van der Waals surface area (Å²) < 4.78 is 1.83. The summed E-state index contributed by atoms with van der Waals surface area (Å²) in [6.07, 6.45) is 3.71. The molecule has 1 aliphatic heterocycles. The number of nitrogens with one attached hydrogen (secondary N) is 2. The van der Waals surface area contributed by atoms with Crippen molar-refractivity contribution in [3.05, 3.63) is 77.1 Å². The van der Waals surface area contributed by atoms with E-state index in [1.807, 2.05) is 41.2 Å².